The molecule has 1 unspecified atom stereocenters. The molecule has 7 nitrogen and oxygen atoms in total. The number of imide groups is 1. The van der Waals surface area contributed by atoms with Crippen molar-refractivity contribution in [2.45, 2.75) is 19.4 Å². The molecule has 2 saturated heterocycles. The van der Waals surface area contributed by atoms with Crippen LogP contribution in [0.25, 0.3) is 0 Å². The zero-order valence-electron chi connectivity index (χ0n) is 14.0. The first-order valence-corrected chi connectivity index (χ1v) is 8.67. The van der Waals surface area contributed by atoms with Gasteiger partial charge in [-0.25, -0.2) is 9.69 Å². The molecule has 2 heterocycles. The Morgan fingerprint density at radius 1 is 1.24 bits per heavy atom. The number of anilines is 1. The van der Waals surface area contributed by atoms with Crippen molar-refractivity contribution < 1.29 is 19.1 Å². The lowest BCUT2D eigenvalue weighted by Crippen LogP contribution is -2.54. The highest BCUT2D eigenvalue weighted by molar-refractivity contribution is 6.31. The molecule has 8 heteroatoms. The van der Waals surface area contributed by atoms with Crippen LogP contribution in [-0.2, 0) is 14.3 Å². The standard InChI is InChI=1S/C17H20ClN3O4/c1-2-25-17(24)20-8-6-19(7-9-20)14-11-15(22)21(16(14)23)13-5-3-4-12(18)10-13/h3-5,10,14H,2,6-9,11H2,1H3. The Balaban J connectivity index is 1.66. The Labute approximate surface area is 151 Å². The summed E-state index contributed by atoms with van der Waals surface area (Å²) in [7, 11) is 0. The van der Waals surface area contributed by atoms with Crippen molar-refractivity contribution in [2.75, 3.05) is 37.7 Å². The molecule has 3 rings (SSSR count). The van der Waals surface area contributed by atoms with Gasteiger partial charge in [0.1, 0.15) is 0 Å². The minimum Gasteiger partial charge on any atom is -0.450 e. The molecule has 3 amide bonds. The van der Waals surface area contributed by atoms with Crippen LogP contribution in [0.2, 0.25) is 5.02 Å². The highest BCUT2D eigenvalue weighted by Gasteiger charge is 2.43. The third-order valence-electron chi connectivity index (χ3n) is 4.47. The molecule has 1 atom stereocenters. The van der Waals surface area contributed by atoms with Gasteiger partial charge in [0, 0.05) is 31.2 Å². The van der Waals surface area contributed by atoms with Crippen LogP contribution in [0.1, 0.15) is 13.3 Å². The van der Waals surface area contributed by atoms with E-state index in [1.165, 1.54) is 4.90 Å². The largest absolute Gasteiger partial charge is 0.450 e. The Kier molecular flexibility index (Phi) is 5.24. The van der Waals surface area contributed by atoms with Crippen LogP contribution in [0.5, 0.6) is 0 Å². The Morgan fingerprint density at radius 3 is 2.60 bits per heavy atom. The van der Waals surface area contributed by atoms with E-state index < -0.39 is 6.04 Å². The molecule has 134 valence electrons. The lowest BCUT2D eigenvalue weighted by Gasteiger charge is -2.36. The first kappa shape index (κ1) is 17.7. The van der Waals surface area contributed by atoms with Crippen LogP contribution < -0.4 is 4.90 Å². The second-order valence-corrected chi connectivity index (χ2v) is 6.43. The molecule has 0 aliphatic carbocycles. The summed E-state index contributed by atoms with van der Waals surface area (Å²) in [5.41, 5.74) is 0.496. The van der Waals surface area contributed by atoms with Crippen LogP contribution in [-0.4, -0.2) is 66.5 Å². The number of ether oxygens (including phenoxy) is 1. The van der Waals surface area contributed by atoms with E-state index in [9.17, 15) is 14.4 Å². The summed E-state index contributed by atoms with van der Waals surface area (Å²) < 4.78 is 4.99. The van der Waals surface area contributed by atoms with Gasteiger partial charge in [-0.1, -0.05) is 17.7 Å². The quantitative estimate of drug-likeness (QED) is 0.763. The Hall–Kier alpha value is -2.12. The maximum atomic E-state index is 12.8. The second kappa shape index (κ2) is 7.41. The first-order chi connectivity index (χ1) is 12.0. The van der Waals surface area contributed by atoms with Crippen LogP contribution in [0.15, 0.2) is 24.3 Å². The number of benzene rings is 1. The highest BCUT2D eigenvalue weighted by atomic mass is 35.5. The van der Waals surface area contributed by atoms with Gasteiger partial charge in [0.25, 0.3) is 5.91 Å². The van der Waals surface area contributed by atoms with E-state index in [1.807, 2.05) is 4.90 Å². The van der Waals surface area contributed by atoms with Crippen molar-refractivity contribution in [3.05, 3.63) is 29.3 Å². The van der Waals surface area contributed by atoms with E-state index in [0.717, 1.165) is 0 Å². The molecular weight excluding hydrogens is 346 g/mol. The van der Waals surface area contributed by atoms with E-state index in [2.05, 4.69) is 0 Å². The van der Waals surface area contributed by atoms with Crippen molar-refractivity contribution in [1.82, 2.24) is 9.80 Å². The average molecular weight is 366 g/mol. The van der Waals surface area contributed by atoms with Gasteiger partial charge in [-0.2, -0.15) is 0 Å². The van der Waals surface area contributed by atoms with Gasteiger partial charge in [-0.05, 0) is 25.1 Å². The van der Waals surface area contributed by atoms with Crippen LogP contribution in [0, 0.1) is 0 Å². The fourth-order valence-corrected chi connectivity index (χ4v) is 3.40. The number of rotatable bonds is 3. The van der Waals surface area contributed by atoms with Gasteiger partial charge >= 0.3 is 6.09 Å². The third kappa shape index (κ3) is 3.62. The number of carbonyl (C=O) groups is 3. The monoisotopic (exact) mass is 365 g/mol. The molecule has 2 aliphatic heterocycles. The number of nitrogens with zero attached hydrogens (tertiary/aromatic N) is 3. The molecule has 25 heavy (non-hydrogen) atoms. The SMILES string of the molecule is CCOC(=O)N1CCN(C2CC(=O)N(c3cccc(Cl)c3)C2=O)CC1. The maximum absolute atomic E-state index is 12.8. The topological polar surface area (TPSA) is 70.2 Å². The number of halogens is 1. The first-order valence-electron chi connectivity index (χ1n) is 8.29. The molecule has 0 bridgehead atoms. The zero-order valence-corrected chi connectivity index (χ0v) is 14.7. The van der Waals surface area contributed by atoms with Gasteiger partial charge < -0.3 is 9.64 Å². The Morgan fingerprint density at radius 2 is 1.96 bits per heavy atom. The summed E-state index contributed by atoms with van der Waals surface area (Å²) >= 11 is 5.97. The molecule has 0 radical (unpaired) electrons. The van der Waals surface area contributed by atoms with E-state index in [0.29, 0.717) is 43.5 Å². The molecular formula is C17H20ClN3O4. The van der Waals surface area contributed by atoms with E-state index in [-0.39, 0.29) is 24.3 Å². The molecule has 0 saturated carbocycles. The molecule has 0 spiro atoms. The normalized spacial score (nSPS) is 21.8. The summed E-state index contributed by atoms with van der Waals surface area (Å²) in [6.45, 7) is 4.13. The van der Waals surface area contributed by atoms with Crippen molar-refractivity contribution in [3.8, 4) is 0 Å². The van der Waals surface area contributed by atoms with Gasteiger partial charge in [0.2, 0.25) is 5.91 Å². The van der Waals surface area contributed by atoms with Crippen LogP contribution in [0.4, 0.5) is 10.5 Å². The van der Waals surface area contributed by atoms with Crippen LogP contribution >= 0.6 is 11.6 Å². The summed E-state index contributed by atoms with van der Waals surface area (Å²) in [4.78, 5) is 41.7. The minimum atomic E-state index is -0.490. The smallest absolute Gasteiger partial charge is 0.409 e. The predicted molar refractivity (Wildman–Crippen MR) is 92.5 cm³/mol. The molecule has 1 aromatic rings. The second-order valence-electron chi connectivity index (χ2n) is 5.99. The lowest BCUT2D eigenvalue weighted by molar-refractivity contribution is -0.123. The molecule has 2 aliphatic rings. The van der Waals surface area contributed by atoms with Gasteiger partial charge in [0.15, 0.2) is 0 Å². The highest BCUT2D eigenvalue weighted by Crippen LogP contribution is 2.28. The van der Waals surface area contributed by atoms with Gasteiger partial charge in [0.05, 0.1) is 24.8 Å². The van der Waals surface area contributed by atoms with Gasteiger partial charge in [-0.3, -0.25) is 14.5 Å². The van der Waals surface area contributed by atoms with E-state index in [4.69, 9.17) is 16.3 Å². The fraction of sp³-hybridized carbons (Fsp3) is 0.471. The maximum Gasteiger partial charge on any atom is 0.409 e. The van der Waals surface area contributed by atoms with Crippen molar-refractivity contribution in [1.29, 1.82) is 0 Å². The van der Waals surface area contributed by atoms with Crippen molar-refractivity contribution in [2.24, 2.45) is 0 Å². The Bertz CT molecular complexity index is 688. The molecule has 1 aromatic carbocycles. The number of hydrogen-bond donors (Lipinski definition) is 0. The van der Waals surface area contributed by atoms with Crippen molar-refractivity contribution >= 4 is 35.2 Å². The number of carbonyl (C=O) groups excluding carboxylic acids is 3. The number of piperazine rings is 1. The van der Waals surface area contributed by atoms with Crippen LogP contribution in [0.3, 0.4) is 0 Å². The number of hydrogen-bond acceptors (Lipinski definition) is 5. The molecule has 0 N–H and O–H groups in total. The zero-order chi connectivity index (χ0) is 18.0. The van der Waals surface area contributed by atoms with Gasteiger partial charge in [-0.15, -0.1) is 0 Å². The minimum absolute atomic E-state index is 0.144. The summed E-state index contributed by atoms with van der Waals surface area (Å²) in [5.74, 6) is -0.470. The predicted octanol–water partition coefficient (Wildman–Crippen LogP) is 1.75. The third-order valence-corrected chi connectivity index (χ3v) is 4.71. The fourth-order valence-electron chi connectivity index (χ4n) is 3.22. The van der Waals surface area contributed by atoms with E-state index in [1.54, 1.807) is 36.1 Å². The number of amides is 3. The van der Waals surface area contributed by atoms with Crippen molar-refractivity contribution in [3.63, 3.8) is 0 Å². The average Bonchev–Trinajstić information content (AvgIpc) is 2.90. The summed E-state index contributed by atoms with van der Waals surface area (Å²) in [6.07, 6.45) is -0.193. The molecule has 0 aromatic heterocycles. The molecule has 2 fully saturated rings. The summed E-state index contributed by atoms with van der Waals surface area (Å²) in [5, 5.41) is 0.476. The lowest BCUT2D eigenvalue weighted by atomic mass is 10.2. The summed E-state index contributed by atoms with van der Waals surface area (Å²) in [6, 6.07) is 6.23. The van der Waals surface area contributed by atoms with E-state index >= 15 is 0 Å².